The third-order valence-electron chi connectivity index (χ3n) is 6.14. The van der Waals surface area contributed by atoms with Crippen molar-refractivity contribution in [2.24, 2.45) is 0 Å². The Balaban J connectivity index is 1.27. The lowest BCUT2D eigenvalue weighted by Gasteiger charge is -2.11. The summed E-state index contributed by atoms with van der Waals surface area (Å²) < 4.78 is 16.8. The molecule has 0 radical (unpaired) electrons. The van der Waals surface area contributed by atoms with Gasteiger partial charge in [-0.05, 0) is 66.1 Å². The minimum Gasteiger partial charge on any atom is -0.489 e. The number of hydrogen-bond acceptors (Lipinski definition) is 5. The molecule has 7 heteroatoms. The lowest BCUT2D eigenvalue weighted by molar-refractivity contribution is -0.128. The van der Waals surface area contributed by atoms with E-state index in [9.17, 15) is 9.59 Å². The molecule has 194 valence electrons. The van der Waals surface area contributed by atoms with E-state index in [1.165, 1.54) is 12.1 Å². The first-order valence-electron chi connectivity index (χ1n) is 12.1. The molecule has 39 heavy (non-hydrogen) atoms. The van der Waals surface area contributed by atoms with Gasteiger partial charge >= 0.3 is 11.6 Å². The Morgan fingerprint density at radius 3 is 2.33 bits per heavy atom. The van der Waals surface area contributed by atoms with Crippen molar-refractivity contribution in [3.63, 3.8) is 0 Å². The van der Waals surface area contributed by atoms with Crippen LogP contribution in [-0.4, -0.2) is 5.97 Å². The summed E-state index contributed by atoms with van der Waals surface area (Å²) in [5, 5.41) is 1.84. The van der Waals surface area contributed by atoms with Crippen molar-refractivity contribution < 1.29 is 18.7 Å². The topological polar surface area (TPSA) is 65.7 Å². The first-order valence-corrected chi connectivity index (χ1v) is 12.8. The zero-order valence-corrected chi connectivity index (χ0v) is 22.3. The van der Waals surface area contributed by atoms with Crippen molar-refractivity contribution in [2.75, 3.05) is 0 Å². The van der Waals surface area contributed by atoms with Gasteiger partial charge in [-0.25, -0.2) is 9.59 Å². The highest BCUT2D eigenvalue weighted by molar-refractivity contribution is 6.35. The van der Waals surface area contributed by atoms with Crippen LogP contribution in [0.4, 0.5) is 0 Å². The van der Waals surface area contributed by atoms with Gasteiger partial charge in [-0.1, -0.05) is 71.7 Å². The summed E-state index contributed by atoms with van der Waals surface area (Å²) in [5.41, 5.74) is 3.61. The molecule has 0 fully saturated rings. The molecule has 4 aromatic carbocycles. The minimum absolute atomic E-state index is 0.234. The molecular formula is C32H22Cl2O5. The van der Waals surface area contributed by atoms with Crippen LogP contribution in [0.3, 0.4) is 0 Å². The summed E-state index contributed by atoms with van der Waals surface area (Å²) >= 11 is 12.4. The zero-order valence-electron chi connectivity index (χ0n) is 20.8. The molecule has 0 atom stereocenters. The number of aryl methyl sites for hydroxylation is 1. The van der Waals surface area contributed by atoms with Crippen LogP contribution in [0.1, 0.15) is 16.7 Å². The molecule has 5 rings (SSSR count). The summed E-state index contributed by atoms with van der Waals surface area (Å²) in [7, 11) is 0. The van der Waals surface area contributed by atoms with Gasteiger partial charge in [0, 0.05) is 38.7 Å². The van der Waals surface area contributed by atoms with Crippen LogP contribution in [0.25, 0.3) is 28.2 Å². The highest BCUT2D eigenvalue weighted by atomic mass is 35.5. The second-order valence-corrected chi connectivity index (χ2v) is 9.54. The standard InChI is InChI=1S/C32H22Cl2O5/c1-20-29(16-15-24-25(18-31(36)39-32(20)24)22-6-3-2-4-7-22)38-30(35)17-12-21-10-13-23(14-11-21)37-19-26-27(33)8-5-9-28(26)34/h2-18H,19H2,1H3. The number of carbonyl (C=O) groups excluding carboxylic acids is 1. The Labute approximate surface area is 234 Å². The molecule has 5 nitrogen and oxygen atoms in total. The van der Waals surface area contributed by atoms with Gasteiger partial charge in [-0.3, -0.25) is 0 Å². The quantitative estimate of drug-likeness (QED) is 0.0872. The predicted octanol–water partition coefficient (Wildman–Crippen LogP) is 8.27. The van der Waals surface area contributed by atoms with Crippen molar-refractivity contribution in [1.29, 1.82) is 0 Å². The second-order valence-electron chi connectivity index (χ2n) is 8.72. The summed E-state index contributed by atoms with van der Waals surface area (Å²) in [6.07, 6.45) is 2.97. The molecule has 1 aromatic heterocycles. The minimum atomic E-state index is -0.562. The molecule has 0 aliphatic carbocycles. The Hall–Kier alpha value is -4.32. The van der Waals surface area contributed by atoms with Crippen molar-refractivity contribution in [1.82, 2.24) is 0 Å². The monoisotopic (exact) mass is 556 g/mol. The lowest BCUT2D eigenvalue weighted by Crippen LogP contribution is -2.06. The largest absolute Gasteiger partial charge is 0.489 e. The van der Waals surface area contributed by atoms with E-state index in [2.05, 4.69) is 0 Å². The van der Waals surface area contributed by atoms with E-state index < -0.39 is 11.6 Å². The Morgan fingerprint density at radius 2 is 1.62 bits per heavy atom. The van der Waals surface area contributed by atoms with Crippen LogP contribution in [0.5, 0.6) is 11.5 Å². The summed E-state index contributed by atoms with van der Waals surface area (Å²) in [6, 6.07) is 27.0. The average molecular weight is 557 g/mol. The maximum absolute atomic E-state index is 12.6. The number of ether oxygens (including phenoxy) is 2. The molecule has 0 N–H and O–H groups in total. The fraction of sp³-hybridized carbons (Fsp3) is 0.0625. The van der Waals surface area contributed by atoms with E-state index >= 15 is 0 Å². The zero-order chi connectivity index (χ0) is 27.4. The maximum Gasteiger partial charge on any atom is 0.336 e. The van der Waals surface area contributed by atoms with Gasteiger partial charge in [0.25, 0.3) is 0 Å². The summed E-state index contributed by atoms with van der Waals surface area (Å²) in [4.78, 5) is 24.9. The van der Waals surface area contributed by atoms with E-state index in [0.717, 1.165) is 22.1 Å². The number of fused-ring (bicyclic) bond motifs is 1. The first-order chi connectivity index (χ1) is 18.9. The van der Waals surface area contributed by atoms with Crippen LogP contribution in [0, 0.1) is 6.92 Å². The van der Waals surface area contributed by atoms with Crippen LogP contribution >= 0.6 is 23.2 Å². The number of hydrogen-bond donors (Lipinski definition) is 0. The maximum atomic E-state index is 12.6. The molecular weight excluding hydrogens is 535 g/mol. The van der Waals surface area contributed by atoms with E-state index in [1.54, 1.807) is 55.5 Å². The van der Waals surface area contributed by atoms with Crippen LogP contribution in [-0.2, 0) is 11.4 Å². The fourth-order valence-corrected chi connectivity index (χ4v) is 4.62. The van der Waals surface area contributed by atoms with Gasteiger partial charge in [-0.15, -0.1) is 0 Å². The van der Waals surface area contributed by atoms with Gasteiger partial charge in [0.2, 0.25) is 0 Å². The number of rotatable bonds is 7. The van der Waals surface area contributed by atoms with E-state index in [0.29, 0.717) is 38.3 Å². The molecule has 0 spiro atoms. The molecule has 0 bridgehead atoms. The van der Waals surface area contributed by atoms with Crippen molar-refractivity contribution in [3.8, 4) is 22.6 Å². The molecule has 0 amide bonds. The molecule has 0 aliphatic heterocycles. The van der Waals surface area contributed by atoms with Crippen molar-refractivity contribution >= 4 is 46.2 Å². The number of esters is 1. The molecule has 0 unspecified atom stereocenters. The number of halogens is 2. The molecule has 0 saturated carbocycles. The van der Waals surface area contributed by atoms with Crippen LogP contribution in [0.15, 0.2) is 106 Å². The van der Waals surface area contributed by atoms with Gasteiger partial charge < -0.3 is 13.9 Å². The van der Waals surface area contributed by atoms with Gasteiger partial charge in [-0.2, -0.15) is 0 Å². The van der Waals surface area contributed by atoms with Gasteiger partial charge in [0.1, 0.15) is 23.7 Å². The third-order valence-corrected chi connectivity index (χ3v) is 6.85. The molecule has 0 saturated heterocycles. The van der Waals surface area contributed by atoms with E-state index in [4.69, 9.17) is 37.1 Å². The number of benzene rings is 4. The average Bonchev–Trinajstić information content (AvgIpc) is 2.94. The molecule has 5 aromatic rings. The molecule has 0 aliphatic rings. The summed E-state index contributed by atoms with van der Waals surface area (Å²) in [6.45, 7) is 1.99. The smallest absolute Gasteiger partial charge is 0.336 e. The third kappa shape index (κ3) is 6.06. The Bertz CT molecular complexity index is 1720. The van der Waals surface area contributed by atoms with E-state index in [-0.39, 0.29) is 6.61 Å². The van der Waals surface area contributed by atoms with Gasteiger partial charge in [0.05, 0.1) is 0 Å². The lowest BCUT2D eigenvalue weighted by atomic mass is 10.0. The first kappa shape index (κ1) is 26.3. The highest BCUT2D eigenvalue weighted by Gasteiger charge is 2.14. The summed E-state index contributed by atoms with van der Waals surface area (Å²) in [5.74, 6) is 0.383. The van der Waals surface area contributed by atoms with Gasteiger partial charge in [0.15, 0.2) is 0 Å². The normalized spacial score (nSPS) is 11.2. The van der Waals surface area contributed by atoms with Crippen molar-refractivity contribution in [3.05, 3.63) is 134 Å². The second kappa shape index (κ2) is 11.6. The fourth-order valence-electron chi connectivity index (χ4n) is 4.12. The molecule has 1 heterocycles. The highest BCUT2D eigenvalue weighted by Crippen LogP contribution is 2.33. The van der Waals surface area contributed by atoms with Crippen LogP contribution < -0.4 is 15.1 Å². The van der Waals surface area contributed by atoms with E-state index in [1.807, 2.05) is 42.5 Å². The van der Waals surface area contributed by atoms with Crippen molar-refractivity contribution in [2.45, 2.75) is 13.5 Å². The Kier molecular flexibility index (Phi) is 7.82. The van der Waals surface area contributed by atoms with Crippen LogP contribution in [0.2, 0.25) is 10.0 Å². The number of carbonyl (C=O) groups is 1. The SMILES string of the molecule is Cc1c(OC(=O)C=Cc2ccc(OCc3c(Cl)cccc3Cl)cc2)ccc2c(-c3ccccc3)cc(=O)oc12. The predicted molar refractivity (Wildman–Crippen MR) is 155 cm³/mol. The Morgan fingerprint density at radius 1 is 0.897 bits per heavy atom.